The second-order valence-corrected chi connectivity index (χ2v) is 27.5. The second kappa shape index (κ2) is 65.7. The van der Waals surface area contributed by atoms with Crippen molar-refractivity contribution in [1.29, 1.82) is 0 Å². The molecular formula is C72H132O17P2. The number of carbonyl (C=O) groups excluding carboxylic acids is 4. The van der Waals surface area contributed by atoms with E-state index in [2.05, 4.69) is 76.3 Å². The topological polar surface area (TPSA) is 237 Å². The number of phosphoric ester groups is 2. The first-order chi connectivity index (χ1) is 44.2. The monoisotopic (exact) mass is 1330 g/mol. The molecule has 91 heavy (non-hydrogen) atoms. The molecule has 0 amide bonds. The van der Waals surface area contributed by atoms with Gasteiger partial charge in [-0.15, -0.1) is 0 Å². The Hall–Kier alpha value is -2.98. The maximum absolute atomic E-state index is 13.0. The van der Waals surface area contributed by atoms with Crippen LogP contribution in [0.3, 0.4) is 0 Å². The number of aliphatic hydroxyl groups is 1. The summed E-state index contributed by atoms with van der Waals surface area (Å²) in [5, 5.41) is 10.6. The van der Waals surface area contributed by atoms with Crippen LogP contribution in [0.5, 0.6) is 0 Å². The fourth-order valence-corrected chi connectivity index (χ4v) is 11.5. The summed E-state index contributed by atoms with van der Waals surface area (Å²) >= 11 is 0. The first kappa shape index (κ1) is 88.0. The summed E-state index contributed by atoms with van der Waals surface area (Å²) < 4.78 is 68.1. The lowest BCUT2D eigenvalue weighted by atomic mass is 10.0. The van der Waals surface area contributed by atoms with E-state index in [1.54, 1.807) is 0 Å². The van der Waals surface area contributed by atoms with Crippen LogP contribution in [0.2, 0.25) is 0 Å². The minimum atomic E-state index is -4.96. The maximum atomic E-state index is 13.0. The van der Waals surface area contributed by atoms with Gasteiger partial charge in [0.25, 0.3) is 0 Å². The number of phosphoric acid groups is 2. The van der Waals surface area contributed by atoms with E-state index in [0.717, 1.165) is 128 Å². The molecule has 0 heterocycles. The minimum Gasteiger partial charge on any atom is -0.462 e. The third-order valence-electron chi connectivity index (χ3n) is 15.6. The number of unbranched alkanes of at least 4 members (excludes halogenated alkanes) is 37. The molecule has 0 saturated carbocycles. The average Bonchev–Trinajstić information content (AvgIpc) is 2.50. The molecule has 0 bridgehead atoms. The highest BCUT2D eigenvalue weighted by Gasteiger charge is 2.30. The number of ether oxygens (including phenoxy) is 4. The number of aliphatic hydroxyl groups excluding tert-OH is 1. The number of allylic oxidation sites excluding steroid dienone is 8. The molecule has 0 fully saturated rings. The molecule has 5 atom stereocenters. The van der Waals surface area contributed by atoms with Crippen molar-refractivity contribution in [3.8, 4) is 0 Å². The fraction of sp³-hybridized carbons (Fsp3) is 0.833. The number of carbonyl (C=O) groups is 4. The lowest BCUT2D eigenvalue weighted by Gasteiger charge is -2.21. The SMILES string of the molecule is CCCCCC/C=C\C=C/CCCCCCCC(=O)OC[C@H](COP(=O)(O)OC[C@@H](O)COP(=O)(O)OC[C@@H](COC(=O)CCCCCCC)OC(=O)CCCCCCC/C=C\C=C/CCCCCC)OC(=O)CCCCCCCCCCCCCCCCCC. The van der Waals surface area contributed by atoms with E-state index < -0.39 is 97.5 Å². The van der Waals surface area contributed by atoms with E-state index in [1.807, 2.05) is 0 Å². The molecule has 0 aromatic carbocycles. The molecule has 0 saturated heterocycles. The summed E-state index contributed by atoms with van der Waals surface area (Å²) in [6.07, 6.45) is 60.2. The van der Waals surface area contributed by atoms with Crippen molar-refractivity contribution in [1.82, 2.24) is 0 Å². The van der Waals surface area contributed by atoms with E-state index in [1.165, 1.54) is 122 Å². The van der Waals surface area contributed by atoms with E-state index in [-0.39, 0.29) is 25.7 Å². The van der Waals surface area contributed by atoms with Gasteiger partial charge in [0.2, 0.25) is 0 Å². The van der Waals surface area contributed by atoms with Gasteiger partial charge >= 0.3 is 39.5 Å². The molecule has 0 aliphatic heterocycles. The molecule has 2 unspecified atom stereocenters. The van der Waals surface area contributed by atoms with Gasteiger partial charge in [-0.05, 0) is 77.0 Å². The Morgan fingerprint density at radius 2 is 0.527 bits per heavy atom. The maximum Gasteiger partial charge on any atom is 0.472 e. The van der Waals surface area contributed by atoms with Gasteiger partial charge in [-0.1, -0.05) is 275 Å². The van der Waals surface area contributed by atoms with Gasteiger partial charge in [0.05, 0.1) is 26.4 Å². The first-order valence-corrected chi connectivity index (χ1v) is 39.4. The zero-order valence-corrected chi connectivity index (χ0v) is 59.6. The Labute approximate surface area is 553 Å². The highest BCUT2D eigenvalue weighted by atomic mass is 31.2. The van der Waals surface area contributed by atoms with Crippen LogP contribution in [-0.2, 0) is 65.4 Å². The standard InChI is InChI=1S/C72H132O17P2/c1-5-9-13-17-20-23-26-29-32-35-38-41-44-47-51-55-59-72(77)89-68(63-83-70(75)57-53-49-45-42-39-36-33-30-27-24-21-18-14-10-6-2)65-87-91(80,81)85-61-66(73)60-84-90(78,79)86-64-67(62-82-69(74)56-52-48-16-12-8-4)88-71(76)58-54-50-46-43-40-37-34-31-28-25-22-19-15-11-7-3/h24-25,27-28,30-31,33-34,66-68,73H,5-23,26,29,32,35-65H2,1-4H3,(H,78,79)(H,80,81)/b27-24-,28-25-,33-30-,34-31-/t66-,67+,68+/m0/s1. The van der Waals surface area contributed by atoms with Crippen molar-refractivity contribution < 1.29 is 80.2 Å². The molecule has 0 aromatic heterocycles. The van der Waals surface area contributed by atoms with Crippen LogP contribution in [0, 0.1) is 0 Å². The first-order valence-electron chi connectivity index (χ1n) is 36.4. The molecular weight excluding hydrogens is 1200 g/mol. The Balaban J connectivity index is 5.22. The normalized spacial score (nSPS) is 14.3. The van der Waals surface area contributed by atoms with Gasteiger partial charge in [-0.3, -0.25) is 37.3 Å². The fourth-order valence-electron chi connectivity index (χ4n) is 9.97. The summed E-state index contributed by atoms with van der Waals surface area (Å²) in [5.74, 6) is -2.19. The van der Waals surface area contributed by atoms with Gasteiger partial charge in [0.1, 0.15) is 19.3 Å². The lowest BCUT2D eigenvalue weighted by Crippen LogP contribution is -2.30. The summed E-state index contributed by atoms with van der Waals surface area (Å²) in [6.45, 7) is 4.74. The Morgan fingerprint density at radius 1 is 0.308 bits per heavy atom. The van der Waals surface area contributed by atoms with Gasteiger partial charge in [-0.25, -0.2) is 9.13 Å². The minimum absolute atomic E-state index is 0.0821. The van der Waals surface area contributed by atoms with Crippen molar-refractivity contribution in [3.05, 3.63) is 48.6 Å². The lowest BCUT2D eigenvalue weighted by molar-refractivity contribution is -0.161. The van der Waals surface area contributed by atoms with Crippen molar-refractivity contribution in [2.75, 3.05) is 39.6 Å². The molecule has 0 aromatic rings. The molecule has 0 aliphatic carbocycles. The summed E-state index contributed by atoms with van der Waals surface area (Å²) in [5.41, 5.74) is 0. The number of esters is 4. The van der Waals surface area contributed by atoms with E-state index >= 15 is 0 Å². The summed E-state index contributed by atoms with van der Waals surface area (Å²) in [7, 11) is -9.92. The predicted octanol–water partition coefficient (Wildman–Crippen LogP) is 20.2. The number of rotatable bonds is 69. The predicted molar refractivity (Wildman–Crippen MR) is 367 cm³/mol. The Morgan fingerprint density at radius 3 is 0.802 bits per heavy atom. The van der Waals surface area contributed by atoms with Crippen molar-refractivity contribution in [3.63, 3.8) is 0 Å². The van der Waals surface area contributed by atoms with Crippen LogP contribution < -0.4 is 0 Å². The third-order valence-corrected chi connectivity index (χ3v) is 17.5. The quantitative estimate of drug-likeness (QED) is 0.0169. The second-order valence-electron chi connectivity index (χ2n) is 24.6. The molecule has 17 nitrogen and oxygen atoms in total. The van der Waals surface area contributed by atoms with Crippen LogP contribution >= 0.6 is 15.6 Å². The van der Waals surface area contributed by atoms with Crippen LogP contribution in [0.15, 0.2) is 48.6 Å². The zero-order chi connectivity index (χ0) is 66.8. The molecule has 0 radical (unpaired) electrons. The van der Waals surface area contributed by atoms with Gasteiger partial charge in [-0.2, -0.15) is 0 Å². The van der Waals surface area contributed by atoms with Gasteiger partial charge in [0.15, 0.2) is 12.2 Å². The van der Waals surface area contributed by atoms with Crippen molar-refractivity contribution in [2.45, 2.75) is 348 Å². The average molecular weight is 1330 g/mol. The van der Waals surface area contributed by atoms with Crippen molar-refractivity contribution in [2.24, 2.45) is 0 Å². The van der Waals surface area contributed by atoms with E-state index in [9.17, 15) is 43.2 Å². The molecule has 0 aliphatic rings. The van der Waals surface area contributed by atoms with E-state index in [4.69, 9.17) is 37.0 Å². The molecule has 0 spiro atoms. The van der Waals surface area contributed by atoms with Crippen LogP contribution in [0.1, 0.15) is 329 Å². The highest BCUT2D eigenvalue weighted by molar-refractivity contribution is 7.47. The van der Waals surface area contributed by atoms with Crippen LogP contribution in [0.25, 0.3) is 0 Å². The molecule has 0 rings (SSSR count). The van der Waals surface area contributed by atoms with Crippen LogP contribution in [-0.4, -0.2) is 96.7 Å². The third kappa shape index (κ3) is 65.5. The van der Waals surface area contributed by atoms with Crippen LogP contribution in [0.4, 0.5) is 0 Å². The Kier molecular flexibility index (Phi) is 63.5. The molecule has 532 valence electrons. The number of hydrogen-bond donors (Lipinski definition) is 3. The largest absolute Gasteiger partial charge is 0.472 e. The van der Waals surface area contributed by atoms with Gasteiger partial charge in [0, 0.05) is 25.7 Å². The molecule has 3 N–H and O–H groups in total. The van der Waals surface area contributed by atoms with Gasteiger partial charge < -0.3 is 33.8 Å². The molecule has 19 heteroatoms. The smallest absolute Gasteiger partial charge is 0.462 e. The summed E-state index contributed by atoms with van der Waals surface area (Å²) in [4.78, 5) is 72.3. The number of hydrogen-bond acceptors (Lipinski definition) is 15. The van der Waals surface area contributed by atoms with E-state index in [0.29, 0.717) is 25.7 Å². The van der Waals surface area contributed by atoms with Crippen molar-refractivity contribution >= 4 is 39.5 Å². The highest BCUT2D eigenvalue weighted by Crippen LogP contribution is 2.45. The Bertz CT molecular complexity index is 1930. The summed E-state index contributed by atoms with van der Waals surface area (Å²) in [6, 6.07) is 0. The zero-order valence-electron chi connectivity index (χ0n) is 57.8.